The molecule has 0 aromatic heterocycles. The van der Waals surface area contributed by atoms with Gasteiger partial charge < -0.3 is 10.4 Å². The maximum absolute atomic E-state index is 12.3. The molecule has 0 aromatic carbocycles. The zero-order chi connectivity index (χ0) is 10.1. The molecule has 76 valence electrons. The van der Waals surface area contributed by atoms with Crippen molar-refractivity contribution in [3.8, 4) is 0 Å². The highest BCUT2D eigenvalue weighted by Crippen LogP contribution is 2.36. The summed E-state index contributed by atoms with van der Waals surface area (Å²) in [5.74, 6) is -3.75. The molecule has 0 aliphatic carbocycles. The Balaban J connectivity index is 2.76. The van der Waals surface area contributed by atoms with Crippen molar-refractivity contribution in [2.75, 3.05) is 13.2 Å². The summed E-state index contributed by atoms with van der Waals surface area (Å²) >= 11 is 0. The van der Waals surface area contributed by atoms with Crippen LogP contribution in [0, 0.1) is 11.8 Å². The molecule has 1 saturated heterocycles. The molecule has 6 heteroatoms. The van der Waals surface area contributed by atoms with Gasteiger partial charge in [-0.05, 0) is 6.42 Å². The van der Waals surface area contributed by atoms with Gasteiger partial charge in [-0.15, -0.1) is 0 Å². The molecule has 2 atom stereocenters. The normalized spacial score (nSPS) is 30.0. The molecule has 2 N–H and O–H groups in total. The van der Waals surface area contributed by atoms with Gasteiger partial charge in [0, 0.05) is 6.54 Å². The molecular formula is C7H10F3NO2. The van der Waals surface area contributed by atoms with E-state index < -0.39 is 30.5 Å². The first-order valence-corrected chi connectivity index (χ1v) is 3.92. The monoisotopic (exact) mass is 197 g/mol. The molecular weight excluding hydrogens is 187 g/mol. The molecule has 0 spiro atoms. The second-order valence-corrected chi connectivity index (χ2v) is 3.02. The highest BCUT2D eigenvalue weighted by molar-refractivity contribution is 5.79. The van der Waals surface area contributed by atoms with Crippen molar-refractivity contribution >= 4 is 5.91 Å². The summed E-state index contributed by atoms with van der Waals surface area (Å²) in [6.07, 6.45) is -4.55. The van der Waals surface area contributed by atoms with Crippen LogP contribution in [0.1, 0.15) is 6.42 Å². The number of piperidine rings is 1. The minimum Gasteiger partial charge on any atom is -0.396 e. The van der Waals surface area contributed by atoms with Crippen LogP contribution in [0.2, 0.25) is 0 Å². The van der Waals surface area contributed by atoms with Crippen molar-refractivity contribution in [3.63, 3.8) is 0 Å². The number of hydrogen-bond acceptors (Lipinski definition) is 2. The summed E-state index contributed by atoms with van der Waals surface area (Å²) in [6, 6.07) is 0. The summed E-state index contributed by atoms with van der Waals surface area (Å²) in [7, 11) is 0. The van der Waals surface area contributed by atoms with E-state index in [-0.39, 0.29) is 13.0 Å². The Hall–Kier alpha value is -0.780. The van der Waals surface area contributed by atoms with Gasteiger partial charge in [0.1, 0.15) is 0 Å². The Bertz CT molecular complexity index is 204. The van der Waals surface area contributed by atoms with E-state index in [2.05, 4.69) is 5.32 Å². The minimum absolute atomic E-state index is 0.0273. The van der Waals surface area contributed by atoms with Crippen molar-refractivity contribution in [1.29, 1.82) is 0 Å². The van der Waals surface area contributed by atoms with E-state index in [0.29, 0.717) is 0 Å². The van der Waals surface area contributed by atoms with Crippen molar-refractivity contribution in [3.05, 3.63) is 0 Å². The fraction of sp³-hybridized carbons (Fsp3) is 0.857. The van der Waals surface area contributed by atoms with E-state index in [0.717, 1.165) is 0 Å². The van der Waals surface area contributed by atoms with E-state index >= 15 is 0 Å². The topological polar surface area (TPSA) is 49.3 Å². The molecule has 0 radical (unpaired) electrons. The number of hydrogen-bond donors (Lipinski definition) is 2. The van der Waals surface area contributed by atoms with Crippen LogP contribution in [0.15, 0.2) is 0 Å². The lowest BCUT2D eigenvalue weighted by Gasteiger charge is -2.31. The molecule has 2 unspecified atom stereocenters. The van der Waals surface area contributed by atoms with Crippen LogP contribution in [0.3, 0.4) is 0 Å². The van der Waals surface area contributed by atoms with Crippen molar-refractivity contribution in [1.82, 2.24) is 5.32 Å². The third-order valence-corrected chi connectivity index (χ3v) is 2.19. The van der Waals surface area contributed by atoms with Crippen molar-refractivity contribution in [2.45, 2.75) is 12.6 Å². The minimum atomic E-state index is -4.40. The summed E-state index contributed by atoms with van der Waals surface area (Å²) < 4.78 is 36.8. The summed E-state index contributed by atoms with van der Waals surface area (Å²) in [6.45, 7) is -0.727. The second kappa shape index (κ2) is 3.53. The van der Waals surface area contributed by atoms with Crippen LogP contribution in [0.25, 0.3) is 0 Å². The van der Waals surface area contributed by atoms with Gasteiger partial charge in [0.25, 0.3) is 0 Å². The van der Waals surface area contributed by atoms with Crippen LogP contribution < -0.4 is 5.32 Å². The van der Waals surface area contributed by atoms with E-state index in [1.165, 1.54) is 0 Å². The van der Waals surface area contributed by atoms with Gasteiger partial charge in [-0.25, -0.2) is 0 Å². The number of aliphatic hydroxyl groups is 1. The first-order chi connectivity index (χ1) is 5.96. The molecule has 0 aromatic rings. The Morgan fingerprint density at radius 1 is 1.54 bits per heavy atom. The molecule has 3 nitrogen and oxygen atoms in total. The molecule has 1 aliphatic rings. The molecule has 1 heterocycles. The van der Waals surface area contributed by atoms with E-state index in [1.54, 1.807) is 0 Å². The Morgan fingerprint density at radius 2 is 2.15 bits per heavy atom. The average molecular weight is 197 g/mol. The zero-order valence-electron chi connectivity index (χ0n) is 6.77. The van der Waals surface area contributed by atoms with Gasteiger partial charge in [0.05, 0.1) is 18.4 Å². The third-order valence-electron chi connectivity index (χ3n) is 2.19. The lowest BCUT2D eigenvalue weighted by atomic mass is 9.86. The Labute approximate surface area is 72.9 Å². The first-order valence-electron chi connectivity index (χ1n) is 3.92. The van der Waals surface area contributed by atoms with Crippen LogP contribution >= 0.6 is 0 Å². The van der Waals surface area contributed by atoms with Crippen LogP contribution in [0.5, 0.6) is 0 Å². The standard InChI is InChI=1S/C7H10F3NO2/c8-7(9,10)5-1-2-11-6(13)4(5)3-12/h4-5,12H,1-3H2,(H,11,13). The van der Waals surface area contributed by atoms with E-state index in [4.69, 9.17) is 5.11 Å². The molecule has 1 amide bonds. The molecule has 13 heavy (non-hydrogen) atoms. The predicted molar refractivity (Wildman–Crippen MR) is 37.7 cm³/mol. The number of halogens is 3. The van der Waals surface area contributed by atoms with Crippen LogP contribution in [0.4, 0.5) is 13.2 Å². The van der Waals surface area contributed by atoms with Crippen molar-refractivity contribution < 1.29 is 23.1 Å². The van der Waals surface area contributed by atoms with E-state index in [9.17, 15) is 18.0 Å². The van der Waals surface area contributed by atoms with Gasteiger partial charge >= 0.3 is 6.18 Å². The Kier molecular flexibility index (Phi) is 2.80. The fourth-order valence-corrected chi connectivity index (χ4v) is 1.47. The quantitative estimate of drug-likeness (QED) is 0.634. The van der Waals surface area contributed by atoms with Gasteiger partial charge in [0.2, 0.25) is 5.91 Å². The fourth-order valence-electron chi connectivity index (χ4n) is 1.47. The maximum Gasteiger partial charge on any atom is 0.392 e. The molecule has 1 rings (SSSR count). The van der Waals surface area contributed by atoms with Gasteiger partial charge in [-0.2, -0.15) is 13.2 Å². The smallest absolute Gasteiger partial charge is 0.392 e. The average Bonchev–Trinajstić information content (AvgIpc) is 2.02. The number of aliphatic hydroxyl groups excluding tert-OH is 1. The highest BCUT2D eigenvalue weighted by Gasteiger charge is 2.48. The second-order valence-electron chi connectivity index (χ2n) is 3.02. The molecule has 1 fully saturated rings. The van der Waals surface area contributed by atoms with E-state index in [1.807, 2.05) is 0 Å². The van der Waals surface area contributed by atoms with Gasteiger partial charge in [-0.3, -0.25) is 4.79 Å². The zero-order valence-corrected chi connectivity index (χ0v) is 6.77. The summed E-state index contributed by atoms with van der Waals surface area (Å²) in [4.78, 5) is 10.9. The number of alkyl halides is 3. The van der Waals surface area contributed by atoms with Crippen molar-refractivity contribution in [2.24, 2.45) is 11.8 Å². The summed E-state index contributed by atoms with van der Waals surface area (Å²) in [5.41, 5.74) is 0. The predicted octanol–water partition coefficient (Wildman–Crippen LogP) is 0.293. The number of nitrogens with one attached hydrogen (secondary N) is 1. The highest BCUT2D eigenvalue weighted by atomic mass is 19.4. The number of amides is 1. The number of rotatable bonds is 1. The summed E-state index contributed by atoms with van der Waals surface area (Å²) in [5, 5.41) is 10.9. The third kappa shape index (κ3) is 2.12. The van der Waals surface area contributed by atoms with Gasteiger partial charge in [0.15, 0.2) is 0 Å². The molecule has 1 aliphatic heterocycles. The number of carbonyl (C=O) groups is 1. The first kappa shape index (κ1) is 10.3. The number of carbonyl (C=O) groups excluding carboxylic acids is 1. The Morgan fingerprint density at radius 3 is 2.54 bits per heavy atom. The molecule has 0 saturated carbocycles. The largest absolute Gasteiger partial charge is 0.396 e. The lowest BCUT2D eigenvalue weighted by molar-refractivity contribution is -0.200. The lowest BCUT2D eigenvalue weighted by Crippen LogP contribution is -2.48. The molecule has 0 bridgehead atoms. The SMILES string of the molecule is O=C1NCCC(C(F)(F)F)C1CO. The van der Waals surface area contributed by atoms with Crippen LogP contribution in [-0.2, 0) is 4.79 Å². The van der Waals surface area contributed by atoms with Gasteiger partial charge in [-0.1, -0.05) is 0 Å². The van der Waals surface area contributed by atoms with Crippen LogP contribution in [-0.4, -0.2) is 30.3 Å². The maximum atomic E-state index is 12.3.